The second-order valence-corrected chi connectivity index (χ2v) is 4.15. The van der Waals surface area contributed by atoms with E-state index in [1.807, 2.05) is 0 Å². The van der Waals surface area contributed by atoms with Gasteiger partial charge in [0.15, 0.2) is 0 Å². The van der Waals surface area contributed by atoms with Crippen molar-refractivity contribution in [3.05, 3.63) is 34.6 Å². The van der Waals surface area contributed by atoms with Crippen LogP contribution in [0, 0.1) is 5.82 Å². The summed E-state index contributed by atoms with van der Waals surface area (Å²) in [6.45, 7) is 1.12. The molecule has 0 radical (unpaired) electrons. The highest BCUT2D eigenvalue weighted by molar-refractivity contribution is 6.30. The molecule has 0 fully saturated rings. The Balaban J connectivity index is 2.50. The smallest absolute Gasteiger partial charge is 0.141 e. The molecule has 0 saturated carbocycles. The van der Waals surface area contributed by atoms with Gasteiger partial charge in [0.05, 0.1) is 11.6 Å². The highest BCUT2D eigenvalue weighted by atomic mass is 35.5. The monoisotopic (exact) mass is 265 g/mol. The summed E-state index contributed by atoms with van der Waals surface area (Å²) < 4.78 is 17.9. The molecule has 1 aromatic rings. The number of benzene rings is 1. The Bertz CT molecular complexity index is 336. The first-order valence-electron chi connectivity index (χ1n) is 4.89. The maximum absolute atomic E-state index is 12.9. The van der Waals surface area contributed by atoms with E-state index in [1.165, 1.54) is 6.07 Å². The van der Waals surface area contributed by atoms with Crippen molar-refractivity contribution in [2.75, 3.05) is 19.6 Å². The number of nitrogens with one attached hydrogen (secondary N) is 1. The Morgan fingerprint density at radius 1 is 1.50 bits per heavy atom. The molecule has 0 saturated heterocycles. The van der Waals surface area contributed by atoms with E-state index in [0.29, 0.717) is 19.0 Å². The topological polar surface area (TPSA) is 21.3 Å². The minimum atomic E-state index is -0.406. The van der Waals surface area contributed by atoms with Crippen LogP contribution in [0.2, 0.25) is 5.02 Å². The average Bonchev–Trinajstić information content (AvgIpc) is 2.28. The van der Waals surface area contributed by atoms with Gasteiger partial charge in [-0.3, -0.25) is 0 Å². The molecule has 0 aromatic heterocycles. The normalized spacial score (nSPS) is 12.8. The molecule has 1 aromatic carbocycles. The number of ether oxygens (including phenoxy) is 1. The SMILES string of the molecule is COCC(CCl)NCc1ccc(F)c(Cl)c1. The second kappa shape index (κ2) is 7.07. The molecule has 0 spiro atoms. The van der Waals surface area contributed by atoms with Crippen molar-refractivity contribution in [3.63, 3.8) is 0 Å². The Hall–Kier alpha value is -0.350. The molecular weight excluding hydrogens is 252 g/mol. The lowest BCUT2D eigenvalue weighted by molar-refractivity contribution is 0.172. The molecule has 1 atom stereocenters. The lowest BCUT2D eigenvalue weighted by Crippen LogP contribution is -2.34. The molecule has 1 N–H and O–H groups in total. The molecule has 0 heterocycles. The van der Waals surface area contributed by atoms with Crippen molar-refractivity contribution < 1.29 is 9.13 Å². The van der Waals surface area contributed by atoms with E-state index in [2.05, 4.69) is 5.32 Å². The zero-order valence-electron chi connectivity index (χ0n) is 8.97. The van der Waals surface area contributed by atoms with Crippen molar-refractivity contribution in [2.24, 2.45) is 0 Å². The maximum atomic E-state index is 12.9. The fraction of sp³-hybridized carbons (Fsp3) is 0.455. The van der Waals surface area contributed by atoms with Gasteiger partial charge in [0.25, 0.3) is 0 Å². The maximum Gasteiger partial charge on any atom is 0.141 e. The first-order valence-corrected chi connectivity index (χ1v) is 5.80. The Labute approximate surface area is 105 Å². The van der Waals surface area contributed by atoms with E-state index in [0.717, 1.165) is 5.56 Å². The van der Waals surface area contributed by atoms with Crippen LogP contribution in [-0.4, -0.2) is 25.6 Å². The van der Waals surface area contributed by atoms with Gasteiger partial charge in [0, 0.05) is 25.6 Å². The Morgan fingerprint density at radius 3 is 2.81 bits per heavy atom. The minimum absolute atomic E-state index is 0.0792. The van der Waals surface area contributed by atoms with Gasteiger partial charge in [-0.1, -0.05) is 17.7 Å². The van der Waals surface area contributed by atoms with Crippen LogP contribution in [0.5, 0.6) is 0 Å². The molecule has 0 bridgehead atoms. The number of hydrogen-bond acceptors (Lipinski definition) is 2. The summed E-state index contributed by atoms with van der Waals surface area (Å²) in [5.41, 5.74) is 0.914. The van der Waals surface area contributed by atoms with E-state index < -0.39 is 5.82 Å². The van der Waals surface area contributed by atoms with Gasteiger partial charge < -0.3 is 10.1 Å². The summed E-state index contributed by atoms with van der Waals surface area (Å²) >= 11 is 11.4. The van der Waals surface area contributed by atoms with E-state index in [9.17, 15) is 4.39 Å². The largest absolute Gasteiger partial charge is 0.383 e. The Kier molecular flexibility index (Phi) is 6.06. The van der Waals surface area contributed by atoms with Crippen molar-refractivity contribution >= 4 is 23.2 Å². The van der Waals surface area contributed by atoms with E-state index >= 15 is 0 Å². The van der Waals surface area contributed by atoms with Gasteiger partial charge in [-0.2, -0.15) is 0 Å². The molecule has 0 aliphatic rings. The van der Waals surface area contributed by atoms with Gasteiger partial charge in [0.2, 0.25) is 0 Å². The second-order valence-electron chi connectivity index (χ2n) is 3.44. The molecule has 1 rings (SSSR count). The fourth-order valence-corrected chi connectivity index (χ4v) is 1.67. The van der Waals surface area contributed by atoms with Crippen molar-refractivity contribution in [1.82, 2.24) is 5.32 Å². The summed E-state index contributed by atoms with van der Waals surface area (Å²) in [4.78, 5) is 0. The van der Waals surface area contributed by atoms with Crippen LogP contribution in [0.25, 0.3) is 0 Å². The van der Waals surface area contributed by atoms with Gasteiger partial charge >= 0.3 is 0 Å². The van der Waals surface area contributed by atoms with Crippen LogP contribution in [0.3, 0.4) is 0 Å². The summed E-state index contributed by atoms with van der Waals surface area (Å²) in [5.74, 6) is 0.0548. The number of alkyl halides is 1. The fourth-order valence-electron chi connectivity index (χ4n) is 1.27. The average molecular weight is 266 g/mol. The molecule has 90 valence electrons. The molecule has 0 aliphatic heterocycles. The zero-order chi connectivity index (χ0) is 12.0. The molecule has 0 aliphatic carbocycles. The highest BCUT2D eigenvalue weighted by Crippen LogP contribution is 2.15. The van der Waals surface area contributed by atoms with Crippen LogP contribution in [-0.2, 0) is 11.3 Å². The minimum Gasteiger partial charge on any atom is -0.383 e. The highest BCUT2D eigenvalue weighted by Gasteiger charge is 2.06. The number of methoxy groups -OCH3 is 1. The van der Waals surface area contributed by atoms with Crippen LogP contribution in [0.1, 0.15) is 5.56 Å². The quantitative estimate of drug-likeness (QED) is 0.799. The van der Waals surface area contributed by atoms with Gasteiger partial charge in [0.1, 0.15) is 5.82 Å². The van der Waals surface area contributed by atoms with Crippen LogP contribution >= 0.6 is 23.2 Å². The van der Waals surface area contributed by atoms with Crippen molar-refractivity contribution in [2.45, 2.75) is 12.6 Å². The number of rotatable bonds is 6. The predicted octanol–water partition coefficient (Wildman–Crippen LogP) is 2.82. The first kappa shape index (κ1) is 13.7. The number of hydrogen-bond donors (Lipinski definition) is 1. The Morgan fingerprint density at radius 2 is 2.25 bits per heavy atom. The van der Waals surface area contributed by atoms with E-state index in [1.54, 1.807) is 19.2 Å². The van der Waals surface area contributed by atoms with Crippen molar-refractivity contribution in [3.8, 4) is 0 Å². The van der Waals surface area contributed by atoms with Gasteiger partial charge in [-0.15, -0.1) is 11.6 Å². The molecular formula is C11H14Cl2FNO. The predicted molar refractivity (Wildman–Crippen MR) is 64.6 cm³/mol. The third kappa shape index (κ3) is 4.26. The van der Waals surface area contributed by atoms with Crippen LogP contribution in [0.15, 0.2) is 18.2 Å². The van der Waals surface area contributed by atoms with Crippen LogP contribution < -0.4 is 5.32 Å². The summed E-state index contributed by atoms with van der Waals surface area (Å²) in [6.07, 6.45) is 0. The van der Waals surface area contributed by atoms with Gasteiger partial charge in [-0.05, 0) is 17.7 Å². The van der Waals surface area contributed by atoms with Crippen LogP contribution in [0.4, 0.5) is 4.39 Å². The summed E-state index contributed by atoms with van der Waals surface area (Å²) in [5, 5.41) is 3.33. The van der Waals surface area contributed by atoms with Crippen molar-refractivity contribution in [1.29, 1.82) is 0 Å². The van der Waals surface area contributed by atoms with E-state index in [-0.39, 0.29) is 11.1 Å². The lowest BCUT2D eigenvalue weighted by Gasteiger charge is -2.14. The molecule has 0 amide bonds. The molecule has 5 heteroatoms. The van der Waals surface area contributed by atoms with E-state index in [4.69, 9.17) is 27.9 Å². The lowest BCUT2D eigenvalue weighted by atomic mass is 10.2. The number of halogens is 3. The molecule has 2 nitrogen and oxygen atoms in total. The standard InChI is InChI=1S/C11H14Cl2FNO/c1-16-7-9(5-12)15-6-8-2-3-11(14)10(13)4-8/h2-4,9,15H,5-7H2,1H3. The zero-order valence-corrected chi connectivity index (χ0v) is 10.5. The summed E-state index contributed by atoms with van der Waals surface area (Å²) in [6, 6.07) is 4.72. The summed E-state index contributed by atoms with van der Waals surface area (Å²) in [7, 11) is 1.62. The molecule has 1 unspecified atom stereocenters. The van der Waals surface area contributed by atoms with Gasteiger partial charge in [-0.25, -0.2) is 4.39 Å². The first-order chi connectivity index (χ1) is 7.67. The molecule has 16 heavy (non-hydrogen) atoms. The third-order valence-corrected chi connectivity index (χ3v) is 2.80. The third-order valence-electron chi connectivity index (χ3n) is 2.13.